The summed E-state index contributed by atoms with van der Waals surface area (Å²) in [6, 6.07) is 11.7. The molecular formula is C25H25N5O. The summed E-state index contributed by atoms with van der Waals surface area (Å²) in [5, 5.41) is 0.852. The number of hydrogen-bond acceptors (Lipinski definition) is 5. The van der Waals surface area contributed by atoms with Crippen LogP contribution in [0, 0.1) is 13.8 Å². The normalized spacial score (nSPS) is 12.0. The molecule has 0 N–H and O–H groups in total. The number of fused-ring (bicyclic) bond motifs is 1. The minimum Gasteiger partial charge on any atom is -0.339 e. The van der Waals surface area contributed by atoms with Gasteiger partial charge >= 0.3 is 0 Å². The van der Waals surface area contributed by atoms with E-state index in [-0.39, 0.29) is 11.9 Å². The fourth-order valence-electron chi connectivity index (χ4n) is 3.63. The minimum absolute atomic E-state index is 0.0133. The molecule has 0 spiro atoms. The van der Waals surface area contributed by atoms with Crippen LogP contribution < -0.4 is 0 Å². The monoisotopic (exact) mass is 411 g/mol. The van der Waals surface area contributed by atoms with E-state index in [9.17, 15) is 4.79 Å². The maximum Gasteiger partial charge on any atom is 0.254 e. The molecule has 4 rings (SSSR count). The quantitative estimate of drug-likeness (QED) is 0.486. The molecule has 0 aliphatic carbocycles. The van der Waals surface area contributed by atoms with E-state index in [4.69, 9.17) is 4.98 Å². The molecule has 0 aliphatic rings. The van der Waals surface area contributed by atoms with Crippen molar-refractivity contribution in [2.75, 3.05) is 7.05 Å². The summed E-state index contributed by atoms with van der Waals surface area (Å²) in [6.07, 6.45) is 7.38. The Kier molecular flexibility index (Phi) is 5.71. The second-order valence-electron chi connectivity index (χ2n) is 7.88. The van der Waals surface area contributed by atoms with Gasteiger partial charge in [-0.05, 0) is 50.1 Å². The highest BCUT2D eigenvalue weighted by atomic mass is 16.2. The van der Waals surface area contributed by atoms with Gasteiger partial charge in [0.1, 0.15) is 6.33 Å². The topological polar surface area (TPSA) is 71.9 Å². The van der Waals surface area contributed by atoms with Crippen molar-refractivity contribution in [3.8, 4) is 11.3 Å². The number of hydrogen-bond donors (Lipinski definition) is 0. The van der Waals surface area contributed by atoms with Crippen LogP contribution in [0.2, 0.25) is 0 Å². The van der Waals surface area contributed by atoms with Crippen LogP contribution in [-0.4, -0.2) is 43.8 Å². The van der Waals surface area contributed by atoms with Gasteiger partial charge in [-0.3, -0.25) is 9.78 Å². The number of carbonyl (C=O) groups excluding carboxylic acids is 1. The van der Waals surface area contributed by atoms with Crippen molar-refractivity contribution in [3.05, 3.63) is 83.7 Å². The zero-order valence-electron chi connectivity index (χ0n) is 18.2. The number of likely N-dealkylation sites (N-methyl/N-ethyl adjacent to an activating group) is 1. The number of carbonyl (C=O) groups is 1. The maximum atomic E-state index is 13.6. The van der Waals surface area contributed by atoms with Crippen LogP contribution in [0.5, 0.6) is 0 Å². The molecule has 1 unspecified atom stereocenters. The summed E-state index contributed by atoms with van der Waals surface area (Å²) < 4.78 is 0. The molecule has 0 bridgehead atoms. The van der Waals surface area contributed by atoms with E-state index in [1.807, 2.05) is 57.3 Å². The first kappa shape index (κ1) is 20.6. The average molecular weight is 412 g/mol. The van der Waals surface area contributed by atoms with Crippen LogP contribution in [0.1, 0.15) is 34.1 Å². The second kappa shape index (κ2) is 8.60. The molecule has 1 atom stereocenters. The van der Waals surface area contributed by atoms with Crippen LogP contribution >= 0.6 is 0 Å². The predicted molar refractivity (Wildman–Crippen MR) is 122 cm³/mol. The Balaban J connectivity index is 1.78. The van der Waals surface area contributed by atoms with Crippen LogP contribution in [0.4, 0.5) is 0 Å². The van der Waals surface area contributed by atoms with Crippen molar-refractivity contribution < 1.29 is 4.79 Å². The zero-order chi connectivity index (χ0) is 22.0. The Morgan fingerprint density at radius 3 is 2.58 bits per heavy atom. The van der Waals surface area contributed by atoms with E-state index in [2.05, 4.69) is 21.9 Å². The van der Waals surface area contributed by atoms with Gasteiger partial charge in [-0.25, -0.2) is 15.0 Å². The standard InChI is InChI=1S/C25H25N5O/c1-16-8-9-21-22(25(31)30(4)17(2)11-20-7-5-6-10-28-20)12-23(29-24(21)18(16)3)19-13-26-15-27-14-19/h5-10,12-15,17H,11H2,1-4H3. The SMILES string of the molecule is Cc1ccc2c(C(=O)N(C)C(C)Cc3ccccn3)cc(-c3cncnc3)nc2c1C. The highest BCUT2D eigenvalue weighted by Gasteiger charge is 2.22. The Hall–Kier alpha value is -3.67. The van der Waals surface area contributed by atoms with Crippen molar-refractivity contribution in [1.82, 2.24) is 24.8 Å². The maximum absolute atomic E-state index is 13.6. The number of benzene rings is 1. The first-order valence-electron chi connectivity index (χ1n) is 10.3. The number of amides is 1. The largest absolute Gasteiger partial charge is 0.339 e. The van der Waals surface area contributed by atoms with Crippen molar-refractivity contribution in [2.24, 2.45) is 0 Å². The predicted octanol–water partition coefficient (Wildman–Crippen LogP) is 4.41. The van der Waals surface area contributed by atoms with Crippen molar-refractivity contribution in [3.63, 3.8) is 0 Å². The van der Waals surface area contributed by atoms with Crippen molar-refractivity contribution in [1.29, 1.82) is 0 Å². The fourth-order valence-corrected chi connectivity index (χ4v) is 3.63. The second-order valence-corrected chi connectivity index (χ2v) is 7.88. The van der Waals surface area contributed by atoms with E-state index in [0.717, 1.165) is 33.3 Å². The highest BCUT2D eigenvalue weighted by molar-refractivity contribution is 6.08. The lowest BCUT2D eigenvalue weighted by molar-refractivity contribution is 0.0745. The van der Waals surface area contributed by atoms with E-state index >= 15 is 0 Å². The summed E-state index contributed by atoms with van der Waals surface area (Å²) in [6.45, 7) is 6.13. The average Bonchev–Trinajstić information content (AvgIpc) is 2.81. The summed E-state index contributed by atoms with van der Waals surface area (Å²) in [5.41, 5.74) is 6.09. The third-order valence-corrected chi connectivity index (χ3v) is 5.80. The van der Waals surface area contributed by atoms with Gasteiger partial charge in [0.15, 0.2) is 0 Å². The molecule has 3 aromatic heterocycles. The molecule has 6 nitrogen and oxygen atoms in total. The summed E-state index contributed by atoms with van der Waals surface area (Å²) in [7, 11) is 1.84. The first-order chi connectivity index (χ1) is 15.0. The van der Waals surface area contributed by atoms with Crippen molar-refractivity contribution in [2.45, 2.75) is 33.2 Å². The van der Waals surface area contributed by atoms with E-state index < -0.39 is 0 Å². The molecule has 3 heterocycles. The number of pyridine rings is 2. The molecule has 0 radical (unpaired) electrons. The van der Waals surface area contributed by atoms with E-state index in [1.165, 1.54) is 6.33 Å². The molecule has 31 heavy (non-hydrogen) atoms. The number of rotatable bonds is 5. The molecule has 0 aliphatic heterocycles. The van der Waals surface area contributed by atoms with E-state index in [1.54, 1.807) is 23.5 Å². The van der Waals surface area contributed by atoms with Gasteiger partial charge in [0, 0.05) is 54.7 Å². The van der Waals surface area contributed by atoms with Crippen LogP contribution in [0.15, 0.2) is 61.3 Å². The van der Waals surface area contributed by atoms with Crippen LogP contribution in [0.25, 0.3) is 22.2 Å². The van der Waals surface area contributed by atoms with Gasteiger partial charge in [0.05, 0.1) is 16.8 Å². The minimum atomic E-state index is -0.0443. The lowest BCUT2D eigenvalue weighted by Crippen LogP contribution is -2.36. The number of nitrogens with zero attached hydrogens (tertiary/aromatic N) is 5. The fraction of sp³-hybridized carbons (Fsp3) is 0.240. The first-order valence-corrected chi connectivity index (χ1v) is 10.3. The Labute approximate surface area is 182 Å². The lowest BCUT2D eigenvalue weighted by atomic mass is 9.98. The van der Waals surface area contributed by atoms with Gasteiger partial charge in [-0.1, -0.05) is 18.2 Å². The molecule has 156 valence electrons. The number of aryl methyl sites for hydroxylation is 2. The molecular weight excluding hydrogens is 386 g/mol. The molecule has 1 amide bonds. The summed E-state index contributed by atoms with van der Waals surface area (Å²) in [5.74, 6) is -0.0443. The van der Waals surface area contributed by atoms with Gasteiger partial charge in [0.25, 0.3) is 5.91 Å². The molecule has 4 aromatic rings. The number of aromatic nitrogens is 4. The van der Waals surface area contributed by atoms with Crippen LogP contribution in [-0.2, 0) is 6.42 Å². The van der Waals surface area contributed by atoms with Crippen LogP contribution in [0.3, 0.4) is 0 Å². The Morgan fingerprint density at radius 1 is 1.10 bits per heavy atom. The molecule has 1 aromatic carbocycles. The summed E-state index contributed by atoms with van der Waals surface area (Å²) in [4.78, 5) is 32.9. The molecule has 0 fully saturated rings. The molecule has 6 heteroatoms. The molecule has 0 saturated heterocycles. The third-order valence-electron chi connectivity index (χ3n) is 5.80. The van der Waals surface area contributed by atoms with Gasteiger partial charge in [-0.2, -0.15) is 0 Å². The van der Waals surface area contributed by atoms with Gasteiger partial charge in [0.2, 0.25) is 0 Å². The third kappa shape index (κ3) is 4.14. The molecule has 0 saturated carbocycles. The Bertz CT molecular complexity index is 1230. The lowest BCUT2D eigenvalue weighted by Gasteiger charge is -2.26. The van der Waals surface area contributed by atoms with Gasteiger partial charge < -0.3 is 4.90 Å². The van der Waals surface area contributed by atoms with Crippen molar-refractivity contribution >= 4 is 16.8 Å². The highest BCUT2D eigenvalue weighted by Crippen LogP contribution is 2.29. The van der Waals surface area contributed by atoms with Gasteiger partial charge in [-0.15, -0.1) is 0 Å². The Morgan fingerprint density at radius 2 is 1.87 bits per heavy atom. The zero-order valence-corrected chi connectivity index (χ0v) is 18.2. The smallest absolute Gasteiger partial charge is 0.254 e. The summed E-state index contributed by atoms with van der Waals surface area (Å²) >= 11 is 0. The van der Waals surface area contributed by atoms with E-state index in [0.29, 0.717) is 17.7 Å².